The van der Waals surface area contributed by atoms with Crippen LogP contribution in [0.4, 0.5) is 17.1 Å². The summed E-state index contributed by atoms with van der Waals surface area (Å²) < 4.78 is 0. The van der Waals surface area contributed by atoms with Gasteiger partial charge in [-0.2, -0.15) is 5.10 Å². The number of hydrogen-bond acceptors (Lipinski definition) is 6. The Balaban J connectivity index is 1.64. The lowest BCUT2D eigenvalue weighted by molar-refractivity contribution is -0.384. The van der Waals surface area contributed by atoms with E-state index in [1.54, 1.807) is 42.5 Å². The van der Waals surface area contributed by atoms with Gasteiger partial charge in [-0.05, 0) is 30.3 Å². The molecule has 0 aromatic heterocycles. The maximum Gasteiger partial charge on any atom is 0.329 e. The quantitative estimate of drug-likeness (QED) is 0.220. The monoisotopic (exact) mass is 465 g/mol. The molecule has 0 aliphatic heterocycles. The van der Waals surface area contributed by atoms with E-state index in [9.17, 15) is 24.5 Å². The van der Waals surface area contributed by atoms with Crippen molar-refractivity contribution in [1.82, 2.24) is 5.43 Å². The van der Waals surface area contributed by atoms with Gasteiger partial charge in [0.05, 0.1) is 22.4 Å². The van der Waals surface area contributed by atoms with Crippen molar-refractivity contribution in [3.05, 3.63) is 99.1 Å². The van der Waals surface area contributed by atoms with Gasteiger partial charge in [0.1, 0.15) is 5.02 Å². The Kier molecular flexibility index (Phi) is 7.45. The highest BCUT2D eigenvalue weighted by atomic mass is 35.5. The van der Waals surface area contributed by atoms with Crippen molar-refractivity contribution < 1.29 is 19.3 Å². The second kappa shape index (κ2) is 10.6. The SMILES string of the molecule is O=C(N/N=C/c1ccc(Cl)c([N+](=O)[O-])c1)C(=O)Nc1ccccc1C(=O)Nc1ccccc1. The van der Waals surface area contributed by atoms with E-state index in [-0.39, 0.29) is 27.5 Å². The average Bonchev–Trinajstić information content (AvgIpc) is 2.80. The highest BCUT2D eigenvalue weighted by Gasteiger charge is 2.18. The zero-order chi connectivity index (χ0) is 23.8. The number of para-hydroxylation sites is 2. The first-order chi connectivity index (χ1) is 15.8. The molecule has 0 aliphatic carbocycles. The fourth-order valence-corrected chi connectivity index (χ4v) is 2.84. The lowest BCUT2D eigenvalue weighted by Crippen LogP contribution is -2.33. The van der Waals surface area contributed by atoms with Crippen LogP contribution >= 0.6 is 11.6 Å². The van der Waals surface area contributed by atoms with Crippen LogP contribution < -0.4 is 16.1 Å². The normalized spacial score (nSPS) is 10.5. The third-order valence-electron chi connectivity index (χ3n) is 4.20. The summed E-state index contributed by atoms with van der Waals surface area (Å²) in [6.45, 7) is 0. The van der Waals surface area contributed by atoms with Crippen LogP contribution in [-0.4, -0.2) is 28.9 Å². The van der Waals surface area contributed by atoms with Gasteiger partial charge in [0.25, 0.3) is 11.6 Å². The molecule has 0 bridgehead atoms. The highest BCUT2D eigenvalue weighted by molar-refractivity contribution is 6.40. The van der Waals surface area contributed by atoms with Crippen molar-refractivity contribution in [2.45, 2.75) is 0 Å². The summed E-state index contributed by atoms with van der Waals surface area (Å²) in [7, 11) is 0. The molecule has 10 nitrogen and oxygen atoms in total. The van der Waals surface area contributed by atoms with Crippen molar-refractivity contribution >= 4 is 52.6 Å². The van der Waals surface area contributed by atoms with Crippen molar-refractivity contribution in [2.75, 3.05) is 10.6 Å². The molecule has 0 unspecified atom stereocenters. The van der Waals surface area contributed by atoms with E-state index in [1.807, 2.05) is 5.43 Å². The minimum absolute atomic E-state index is 0.0458. The summed E-state index contributed by atoms with van der Waals surface area (Å²) in [5.74, 6) is -2.64. The number of anilines is 2. The number of halogens is 1. The number of carbonyl (C=O) groups is 3. The number of carbonyl (C=O) groups excluding carboxylic acids is 3. The minimum Gasteiger partial charge on any atom is -0.322 e. The van der Waals surface area contributed by atoms with E-state index in [2.05, 4.69) is 15.7 Å². The van der Waals surface area contributed by atoms with Crippen molar-refractivity contribution in [2.24, 2.45) is 5.10 Å². The molecule has 0 fully saturated rings. The smallest absolute Gasteiger partial charge is 0.322 e. The summed E-state index contributed by atoms with van der Waals surface area (Å²) in [4.78, 5) is 47.2. The zero-order valence-corrected chi connectivity index (χ0v) is 17.6. The molecule has 0 heterocycles. The van der Waals surface area contributed by atoms with Crippen LogP contribution in [0.1, 0.15) is 15.9 Å². The Morgan fingerprint density at radius 2 is 1.61 bits per heavy atom. The van der Waals surface area contributed by atoms with E-state index >= 15 is 0 Å². The molecule has 3 aromatic carbocycles. The molecule has 33 heavy (non-hydrogen) atoms. The zero-order valence-electron chi connectivity index (χ0n) is 16.8. The molecular formula is C22H16ClN5O5. The lowest BCUT2D eigenvalue weighted by atomic mass is 10.1. The van der Waals surface area contributed by atoms with E-state index in [4.69, 9.17) is 11.6 Å². The van der Waals surface area contributed by atoms with Gasteiger partial charge in [0.15, 0.2) is 0 Å². The van der Waals surface area contributed by atoms with E-state index in [1.165, 1.54) is 30.3 Å². The Hall–Kier alpha value is -4.57. The fourth-order valence-electron chi connectivity index (χ4n) is 2.66. The fraction of sp³-hybridized carbons (Fsp3) is 0. The molecule has 0 spiro atoms. The number of benzene rings is 3. The van der Waals surface area contributed by atoms with Gasteiger partial charge in [-0.1, -0.05) is 48.0 Å². The summed E-state index contributed by atoms with van der Waals surface area (Å²) in [5.41, 5.74) is 2.83. The summed E-state index contributed by atoms with van der Waals surface area (Å²) in [6.07, 6.45) is 1.12. The predicted octanol–water partition coefficient (Wildman–Crippen LogP) is 3.59. The number of nitro groups is 1. The highest BCUT2D eigenvalue weighted by Crippen LogP contribution is 2.24. The largest absolute Gasteiger partial charge is 0.329 e. The Bertz CT molecular complexity index is 1250. The van der Waals surface area contributed by atoms with Gasteiger partial charge in [0.2, 0.25) is 0 Å². The molecular weight excluding hydrogens is 450 g/mol. The third kappa shape index (κ3) is 6.21. The number of nitrogens with one attached hydrogen (secondary N) is 3. The van der Waals surface area contributed by atoms with Crippen LogP contribution in [0.2, 0.25) is 5.02 Å². The van der Waals surface area contributed by atoms with Gasteiger partial charge >= 0.3 is 11.8 Å². The van der Waals surface area contributed by atoms with Gasteiger partial charge in [0, 0.05) is 17.3 Å². The van der Waals surface area contributed by atoms with Gasteiger partial charge in [-0.3, -0.25) is 24.5 Å². The lowest BCUT2D eigenvalue weighted by Gasteiger charge is -2.11. The first-order valence-corrected chi connectivity index (χ1v) is 9.76. The first kappa shape index (κ1) is 23.1. The number of hydrazone groups is 1. The standard InChI is InChI=1S/C22H16ClN5O5/c23-17-11-10-14(12-19(17)28(32)33)13-24-27-22(31)21(30)26-18-9-5-4-8-16(18)20(29)25-15-6-2-1-3-7-15/h1-13H,(H,25,29)(H,26,30)(H,27,31)/b24-13+. The van der Waals surface area contributed by atoms with Crippen LogP contribution in [-0.2, 0) is 9.59 Å². The first-order valence-electron chi connectivity index (χ1n) is 9.39. The number of rotatable bonds is 6. The van der Waals surface area contributed by atoms with Crippen LogP contribution in [0.15, 0.2) is 77.9 Å². The molecule has 3 N–H and O–H groups in total. The van der Waals surface area contributed by atoms with Crippen LogP contribution in [0.3, 0.4) is 0 Å². The van der Waals surface area contributed by atoms with Crippen LogP contribution in [0, 0.1) is 10.1 Å². The number of amides is 3. The maximum atomic E-state index is 12.6. The van der Waals surface area contributed by atoms with E-state index < -0.39 is 22.6 Å². The molecule has 0 atom stereocenters. The molecule has 3 aromatic rings. The maximum absolute atomic E-state index is 12.6. The summed E-state index contributed by atoms with van der Waals surface area (Å²) in [5, 5.41) is 19.6. The topological polar surface area (TPSA) is 143 Å². The Morgan fingerprint density at radius 3 is 2.33 bits per heavy atom. The Labute approximate surface area is 192 Å². The average molecular weight is 466 g/mol. The molecule has 0 radical (unpaired) electrons. The molecule has 166 valence electrons. The molecule has 0 aliphatic rings. The number of hydrogen-bond donors (Lipinski definition) is 3. The van der Waals surface area contributed by atoms with Crippen LogP contribution in [0.25, 0.3) is 0 Å². The van der Waals surface area contributed by atoms with Crippen molar-refractivity contribution in [3.8, 4) is 0 Å². The molecule has 0 saturated carbocycles. The Morgan fingerprint density at radius 1 is 0.909 bits per heavy atom. The van der Waals surface area contributed by atoms with E-state index in [0.717, 1.165) is 6.21 Å². The number of nitro benzene ring substituents is 1. The summed E-state index contributed by atoms with van der Waals surface area (Å²) >= 11 is 5.74. The second-order valence-corrected chi connectivity index (χ2v) is 6.89. The number of nitrogens with zero attached hydrogens (tertiary/aromatic N) is 2. The molecule has 3 rings (SSSR count). The van der Waals surface area contributed by atoms with Gasteiger partial charge in [-0.25, -0.2) is 5.43 Å². The van der Waals surface area contributed by atoms with Crippen LogP contribution in [0.5, 0.6) is 0 Å². The summed E-state index contributed by atoms with van der Waals surface area (Å²) in [6, 6.07) is 18.9. The van der Waals surface area contributed by atoms with Gasteiger partial charge < -0.3 is 10.6 Å². The second-order valence-electron chi connectivity index (χ2n) is 6.49. The predicted molar refractivity (Wildman–Crippen MR) is 123 cm³/mol. The third-order valence-corrected chi connectivity index (χ3v) is 4.52. The minimum atomic E-state index is -1.10. The van der Waals surface area contributed by atoms with Crippen molar-refractivity contribution in [1.29, 1.82) is 0 Å². The van der Waals surface area contributed by atoms with Crippen molar-refractivity contribution in [3.63, 3.8) is 0 Å². The van der Waals surface area contributed by atoms with E-state index in [0.29, 0.717) is 5.69 Å². The van der Waals surface area contributed by atoms with Gasteiger partial charge in [-0.15, -0.1) is 0 Å². The molecule has 11 heteroatoms. The molecule has 3 amide bonds. The molecule has 0 saturated heterocycles.